The summed E-state index contributed by atoms with van der Waals surface area (Å²) in [6, 6.07) is 22.1. The molecular formula is C25H19N5O. The lowest BCUT2D eigenvalue weighted by molar-refractivity contribution is 1.02. The Morgan fingerprint density at radius 3 is 2.74 bits per heavy atom. The van der Waals surface area contributed by atoms with Gasteiger partial charge in [0, 0.05) is 42.0 Å². The van der Waals surface area contributed by atoms with Gasteiger partial charge in [-0.25, -0.2) is 4.79 Å². The van der Waals surface area contributed by atoms with Gasteiger partial charge in [0.25, 0.3) is 0 Å². The van der Waals surface area contributed by atoms with Gasteiger partial charge < -0.3 is 15.3 Å². The summed E-state index contributed by atoms with van der Waals surface area (Å²) < 4.78 is 3.78. The number of nitrogens with one attached hydrogen (secondary N) is 1. The largest absolute Gasteiger partial charge is 0.331 e. The summed E-state index contributed by atoms with van der Waals surface area (Å²) in [5.74, 6) is 0. The zero-order valence-corrected chi connectivity index (χ0v) is 16.6. The molecule has 0 spiro atoms. The predicted molar refractivity (Wildman–Crippen MR) is 124 cm³/mol. The molecule has 6 heteroatoms. The van der Waals surface area contributed by atoms with Gasteiger partial charge in [-0.2, -0.15) is 0 Å². The number of nitrogens with two attached hydrogens (primary N) is 1. The van der Waals surface area contributed by atoms with Gasteiger partial charge in [-0.1, -0.05) is 36.4 Å². The van der Waals surface area contributed by atoms with E-state index in [1.54, 1.807) is 4.57 Å². The van der Waals surface area contributed by atoms with Crippen molar-refractivity contribution in [3.05, 3.63) is 101 Å². The zero-order chi connectivity index (χ0) is 20.9. The van der Waals surface area contributed by atoms with Crippen LogP contribution in [0, 0.1) is 0 Å². The molecule has 31 heavy (non-hydrogen) atoms. The van der Waals surface area contributed by atoms with Crippen molar-refractivity contribution < 1.29 is 0 Å². The topological polar surface area (TPSA) is 81.1 Å². The number of aliphatic imine (C=N–C) groups is 1. The maximum Gasteiger partial charge on any atom is 0.331 e. The molecule has 0 radical (unpaired) electrons. The van der Waals surface area contributed by atoms with E-state index in [1.807, 2.05) is 67.1 Å². The van der Waals surface area contributed by atoms with E-state index in [1.165, 1.54) is 0 Å². The lowest BCUT2D eigenvalue weighted by Gasteiger charge is -2.12. The molecule has 1 aliphatic rings. The summed E-state index contributed by atoms with van der Waals surface area (Å²) in [5.41, 5.74) is 13.8. The van der Waals surface area contributed by atoms with E-state index < -0.39 is 0 Å². The highest BCUT2D eigenvalue weighted by Gasteiger charge is 2.20. The number of aromatic amines is 1. The third-order valence-corrected chi connectivity index (χ3v) is 5.77. The quantitative estimate of drug-likeness (QED) is 0.460. The Morgan fingerprint density at radius 2 is 1.87 bits per heavy atom. The zero-order valence-electron chi connectivity index (χ0n) is 16.6. The molecule has 5 aromatic rings. The van der Waals surface area contributed by atoms with Crippen LogP contribution in [0.15, 0.2) is 88.9 Å². The van der Waals surface area contributed by atoms with Crippen molar-refractivity contribution in [2.24, 2.45) is 10.7 Å². The normalized spacial score (nSPS) is 12.2. The first kappa shape index (κ1) is 17.7. The maximum atomic E-state index is 12.8. The van der Waals surface area contributed by atoms with Crippen molar-refractivity contribution in [1.29, 1.82) is 0 Å². The fraction of sp³-hybridized carbons (Fsp3) is 0.0400. The van der Waals surface area contributed by atoms with Gasteiger partial charge in [0.1, 0.15) is 0 Å². The van der Waals surface area contributed by atoms with E-state index in [0.717, 1.165) is 50.3 Å². The molecule has 2 aromatic heterocycles. The summed E-state index contributed by atoms with van der Waals surface area (Å²) in [6.45, 7) is 0.508. The van der Waals surface area contributed by atoms with Crippen LogP contribution in [0.4, 0.5) is 5.69 Å². The molecular weight excluding hydrogens is 386 g/mol. The average molecular weight is 405 g/mol. The number of nitrogens with zero attached hydrogens (tertiary/aromatic N) is 3. The SMILES string of the molecule is NCc1ccn(-c2cccc(-c3cccc4c3N=Cc3cccc5[nH]c(=O)n-4c35)c2)c1. The summed E-state index contributed by atoms with van der Waals surface area (Å²) >= 11 is 0. The number of hydrogen-bond donors (Lipinski definition) is 2. The highest BCUT2D eigenvalue weighted by atomic mass is 16.1. The van der Waals surface area contributed by atoms with E-state index in [0.29, 0.717) is 6.54 Å². The average Bonchev–Trinajstić information content (AvgIpc) is 3.37. The van der Waals surface area contributed by atoms with Crippen LogP contribution in [0.2, 0.25) is 0 Å². The van der Waals surface area contributed by atoms with Gasteiger partial charge in [0.05, 0.1) is 22.4 Å². The van der Waals surface area contributed by atoms with Crippen molar-refractivity contribution in [3.63, 3.8) is 0 Å². The number of hydrogen-bond acceptors (Lipinski definition) is 3. The number of imidazole rings is 1. The van der Waals surface area contributed by atoms with Gasteiger partial charge in [-0.3, -0.25) is 9.56 Å². The minimum Gasteiger partial charge on any atom is -0.326 e. The fourth-order valence-corrected chi connectivity index (χ4v) is 4.29. The molecule has 3 aromatic carbocycles. The van der Waals surface area contributed by atoms with Gasteiger partial charge in [-0.05, 0) is 41.5 Å². The van der Waals surface area contributed by atoms with Crippen LogP contribution in [-0.2, 0) is 6.54 Å². The second-order valence-corrected chi connectivity index (χ2v) is 7.62. The van der Waals surface area contributed by atoms with Crippen molar-refractivity contribution >= 4 is 22.9 Å². The van der Waals surface area contributed by atoms with E-state index in [2.05, 4.69) is 27.8 Å². The van der Waals surface area contributed by atoms with Gasteiger partial charge >= 0.3 is 5.69 Å². The van der Waals surface area contributed by atoms with E-state index in [-0.39, 0.29) is 5.69 Å². The maximum absolute atomic E-state index is 12.8. The minimum absolute atomic E-state index is 0.165. The van der Waals surface area contributed by atoms with E-state index in [4.69, 9.17) is 10.7 Å². The molecule has 150 valence electrons. The third kappa shape index (κ3) is 2.69. The Kier molecular flexibility index (Phi) is 3.81. The number of H-pyrrole nitrogens is 1. The molecule has 0 bridgehead atoms. The Hall–Kier alpha value is -4.16. The third-order valence-electron chi connectivity index (χ3n) is 5.77. The number of para-hydroxylation sites is 2. The lowest BCUT2D eigenvalue weighted by Crippen LogP contribution is -2.14. The summed E-state index contributed by atoms with van der Waals surface area (Å²) in [4.78, 5) is 20.6. The minimum atomic E-state index is -0.165. The fourth-order valence-electron chi connectivity index (χ4n) is 4.29. The standard InChI is InChI=1S/C25H19N5O/c26-13-16-10-11-29(15-16)19-6-1-4-17(12-19)20-7-3-9-22-23(20)27-14-18-5-2-8-21-24(18)30(22)25(31)28-21/h1-12,14-15H,13,26H2,(H,28,31). The molecule has 0 fully saturated rings. The smallest absolute Gasteiger partial charge is 0.326 e. The molecule has 0 aliphatic carbocycles. The second-order valence-electron chi connectivity index (χ2n) is 7.62. The first-order valence-electron chi connectivity index (χ1n) is 10.1. The summed E-state index contributed by atoms with van der Waals surface area (Å²) in [6.07, 6.45) is 5.89. The molecule has 0 atom stereocenters. The summed E-state index contributed by atoms with van der Waals surface area (Å²) in [5, 5.41) is 0. The first-order chi connectivity index (χ1) is 15.2. The molecule has 3 heterocycles. The van der Waals surface area contributed by atoms with E-state index in [9.17, 15) is 4.79 Å². The number of aromatic nitrogens is 3. The lowest BCUT2D eigenvalue weighted by atomic mass is 10.0. The molecule has 0 unspecified atom stereocenters. The van der Waals surface area contributed by atoms with Crippen LogP contribution < -0.4 is 11.4 Å². The molecule has 0 amide bonds. The van der Waals surface area contributed by atoms with Crippen molar-refractivity contribution in [2.45, 2.75) is 6.54 Å². The van der Waals surface area contributed by atoms with Gasteiger partial charge in [0.2, 0.25) is 0 Å². The van der Waals surface area contributed by atoms with Crippen molar-refractivity contribution in [1.82, 2.24) is 14.1 Å². The predicted octanol–water partition coefficient (Wildman–Crippen LogP) is 4.30. The highest BCUT2D eigenvalue weighted by Crippen LogP contribution is 2.38. The number of fused-ring (bicyclic) bond motifs is 2. The number of rotatable bonds is 3. The Morgan fingerprint density at radius 1 is 1.00 bits per heavy atom. The van der Waals surface area contributed by atoms with Crippen LogP contribution in [0.5, 0.6) is 0 Å². The van der Waals surface area contributed by atoms with E-state index >= 15 is 0 Å². The Balaban J connectivity index is 1.56. The van der Waals surface area contributed by atoms with Crippen LogP contribution in [0.25, 0.3) is 33.5 Å². The second kappa shape index (κ2) is 6.68. The van der Waals surface area contributed by atoms with Gasteiger partial charge in [0.15, 0.2) is 0 Å². The molecule has 0 saturated heterocycles. The van der Waals surface area contributed by atoms with Crippen LogP contribution in [0.3, 0.4) is 0 Å². The van der Waals surface area contributed by atoms with Crippen LogP contribution >= 0.6 is 0 Å². The summed E-state index contributed by atoms with van der Waals surface area (Å²) in [7, 11) is 0. The molecule has 3 N–H and O–H groups in total. The van der Waals surface area contributed by atoms with Crippen LogP contribution in [0.1, 0.15) is 11.1 Å². The molecule has 0 saturated carbocycles. The van der Waals surface area contributed by atoms with Crippen molar-refractivity contribution in [2.75, 3.05) is 0 Å². The first-order valence-corrected chi connectivity index (χ1v) is 10.1. The number of benzene rings is 3. The molecule has 6 nitrogen and oxygen atoms in total. The monoisotopic (exact) mass is 405 g/mol. The van der Waals surface area contributed by atoms with Crippen LogP contribution in [-0.4, -0.2) is 20.3 Å². The Bertz CT molecular complexity index is 1550. The molecule has 1 aliphatic heterocycles. The molecule has 6 rings (SSSR count). The Labute approximate surface area is 177 Å². The van der Waals surface area contributed by atoms with Gasteiger partial charge in [-0.15, -0.1) is 0 Å². The van der Waals surface area contributed by atoms with Crippen molar-refractivity contribution in [3.8, 4) is 22.5 Å². The highest BCUT2D eigenvalue weighted by molar-refractivity contribution is 6.02.